The van der Waals surface area contributed by atoms with Gasteiger partial charge in [0.1, 0.15) is 0 Å². The largest absolute Gasteiger partial charge is 0.283 e. The van der Waals surface area contributed by atoms with Gasteiger partial charge in [-0.05, 0) is 6.92 Å². The predicted molar refractivity (Wildman–Crippen MR) is 33.2 cm³/mol. The molecule has 0 spiro atoms. The van der Waals surface area contributed by atoms with E-state index in [1.807, 2.05) is 6.92 Å². The van der Waals surface area contributed by atoms with Crippen molar-refractivity contribution in [2.24, 2.45) is 0 Å². The van der Waals surface area contributed by atoms with E-state index in [4.69, 9.17) is 4.84 Å². The lowest BCUT2D eigenvalue weighted by atomic mass is 10.7. The molecule has 0 saturated heterocycles. The Morgan fingerprint density at radius 3 is 2.44 bits per heavy atom. The van der Waals surface area contributed by atoms with Gasteiger partial charge >= 0.3 is 0 Å². The van der Waals surface area contributed by atoms with Crippen molar-refractivity contribution < 1.29 is 9.63 Å². The highest BCUT2D eigenvalue weighted by molar-refractivity contribution is 5.72. The summed E-state index contributed by atoms with van der Waals surface area (Å²) in [5.41, 5.74) is 2.45. The Hall–Kier alpha value is -0.610. The van der Waals surface area contributed by atoms with Crippen LogP contribution in [0.25, 0.3) is 0 Å². The molecule has 0 heterocycles. The summed E-state index contributed by atoms with van der Waals surface area (Å²) in [6.45, 7) is 3.94. The van der Waals surface area contributed by atoms with Crippen molar-refractivity contribution in [3.63, 3.8) is 0 Å². The summed E-state index contributed by atoms with van der Waals surface area (Å²) in [7, 11) is 1.50. The van der Waals surface area contributed by atoms with Gasteiger partial charge in [0, 0.05) is 13.5 Å². The molecule has 0 aromatic heterocycles. The average molecular weight is 132 g/mol. The first-order valence-corrected chi connectivity index (χ1v) is 2.79. The molecule has 0 aliphatic heterocycles. The molecule has 0 saturated carbocycles. The number of nitrogens with zero attached hydrogens (tertiary/aromatic N) is 1. The molecule has 0 unspecified atom stereocenters. The molecule has 54 valence electrons. The Labute approximate surface area is 54.7 Å². The van der Waals surface area contributed by atoms with Crippen molar-refractivity contribution in [2.45, 2.75) is 13.8 Å². The van der Waals surface area contributed by atoms with Crippen molar-refractivity contribution in [3.05, 3.63) is 0 Å². The van der Waals surface area contributed by atoms with Gasteiger partial charge in [-0.25, -0.2) is 0 Å². The first-order valence-electron chi connectivity index (χ1n) is 2.79. The Morgan fingerprint density at radius 1 is 1.78 bits per heavy atom. The average Bonchev–Trinajstić information content (AvgIpc) is 1.82. The Balaban J connectivity index is 3.43. The number of hydrazine groups is 1. The van der Waals surface area contributed by atoms with Gasteiger partial charge < -0.3 is 0 Å². The van der Waals surface area contributed by atoms with E-state index in [2.05, 4.69) is 5.43 Å². The number of hydrogen-bond acceptors (Lipinski definition) is 3. The summed E-state index contributed by atoms with van der Waals surface area (Å²) in [5, 5.41) is 1.35. The quantitative estimate of drug-likeness (QED) is 0.546. The number of carbonyl (C=O) groups excluding carboxylic acids is 1. The fourth-order valence-electron chi connectivity index (χ4n) is 0.429. The lowest BCUT2D eigenvalue weighted by Crippen LogP contribution is -2.39. The molecular formula is C5H12N2O2. The summed E-state index contributed by atoms with van der Waals surface area (Å²) in [4.78, 5) is 15.1. The second-order valence-corrected chi connectivity index (χ2v) is 1.55. The predicted octanol–water partition coefficient (Wildman–Crippen LogP) is -0.0792. The van der Waals surface area contributed by atoms with Gasteiger partial charge in [0.2, 0.25) is 5.91 Å². The van der Waals surface area contributed by atoms with E-state index in [-0.39, 0.29) is 5.91 Å². The third-order valence-electron chi connectivity index (χ3n) is 0.790. The van der Waals surface area contributed by atoms with Crippen molar-refractivity contribution >= 4 is 5.91 Å². The van der Waals surface area contributed by atoms with Gasteiger partial charge in [-0.3, -0.25) is 15.1 Å². The highest BCUT2D eigenvalue weighted by Gasteiger charge is 1.98. The van der Waals surface area contributed by atoms with E-state index >= 15 is 0 Å². The zero-order valence-electron chi connectivity index (χ0n) is 5.97. The van der Waals surface area contributed by atoms with Crippen LogP contribution in [0.5, 0.6) is 0 Å². The van der Waals surface area contributed by atoms with Gasteiger partial charge in [-0.1, -0.05) is 0 Å². The third-order valence-corrected chi connectivity index (χ3v) is 0.790. The van der Waals surface area contributed by atoms with Crippen LogP contribution >= 0.6 is 0 Å². The number of hydroxylamine groups is 1. The molecule has 9 heavy (non-hydrogen) atoms. The second kappa shape index (κ2) is 4.29. The maximum absolute atomic E-state index is 10.3. The monoisotopic (exact) mass is 132 g/mol. The highest BCUT2D eigenvalue weighted by Crippen LogP contribution is 1.78. The first kappa shape index (κ1) is 8.39. The van der Waals surface area contributed by atoms with E-state index in [1.165, 1.54) is 19.2 Å². The number of carbonyl (C=O) groups is 1. The molecule has 0 aliphatic carbocycles. The van der Waals surface area contributed by atoms with E-state index in [0.717, 1.165) is 0 Å². The Bertz CT molecular complexity index is 91.0. The van der Waals surface area contributed by atoms with E-state index in [9.17, 15) is 4.79 Å². The molecule has 0 radical (unpaired) electrons. The van der Waals surface area contributed by atoms with Crippen molar-refractivity contribution in [2.75, 3.05) is 13.7 Å². The lowest BCUT2D eigenvalue weighted by molar-refractivity contribution is -0.177. The zero-order chi connectivity index (χ0) is 7.28. The summed E-state index contributed by atoms with van der Waals surface area (Å²) in [6.07, 6.45) is 0. The molecule has 0 aliphatic rings. The fourth-order valence-corrected chi connectivity index (χ4v) is 0.429. The second-order valence-electron chi connectivity index (χ2n) is 1.55. The minimum atomic E-state index is -0.126. The first-order chi connectivity index (χ1) is 4.20. The topological polar surface area (TPSA) is 41.6 Å². The van der Waals surface area contributed by atoms with Crippen LogP contribution in [-0.4, -0.2) is 24.7 Å². The van der Waals surface area contributed by atoms with Crippen molar-refractivity contribution in [1.29, 1.82) is 0 Å². The van der Waals surface area contributed by atoms with Crippen LogP contribution in [-0.2, 0) is 9.63 Å². The molecule has 4 nitrogen and oxygen atoms in total. The molecule has 0 rings (SSSR count). The minimum Gasteiger partial charge on any atom is -0.283 e. The van der Waals surface area contributed by atoms with Crippen LogP contribution in [0.3, 0.4) is 0 Å². The minimum absolute atomic E-state index is 0.126. The fraction of sp³-hybridized carbons (Fsp3) is 0.800. The number of nitrogens with one attached hydrogen (secondary N) is 1. The third kappa shape index (κ3) is 3.93. The smallest absolute Gasteiger partial charge is 0.232 e. The van der Waals surface area contributed by atoms with E-state index in [1.54, 1.807) is 0 Å². The standard InChI is InChI=1S/C5H12N2O2/c1-4-7(9-3)6-5(2)8/h4H2,1-3H3,(H,6,8). The maximum Gasteiger partial charge on any atom is 0.232 e. The van der Waals surface area contributed by atoms with Gasteiger partial charge in [-0.2, -0.15) is 0 Å². The molecular weight excluding hydrogens is 120 g/mol. The van der Waals surface area contributed by atoms with Crippen LogP contribution in [0.2, 0.25) is 0 Å². The van der Waals surface area contributed by atoms with Crippen LogP contribution in [0.1, 0.15) is 13.8 Å². The zero-order valence-corrected chi connectivity index (χ0v) is 5.97. The number of rotatable bonds is 3. The molecule has 4 heteroatoms. The summed E-state index contributed by atoms with van der Waals surface area (Å²) in [6, 6.07) is 0. The normalized spacial score (nSPS) is 9.78. The van der Waals surface area contributed by atoms with Crippen LogP contribution in [0.15, 0.2) is 0 Å². The molecule has 0 atom stereocenters. The molecule has 0 fully saturated rings. The summed E-state index contributed by atoms with van der Waals surface area (Å²) in [5.74, 6) is -0.126. The molecule has 1 N–H and O–H groups in total. The van der Waals surface area contributed by atoms with Crippen LogP contribution in [0.4, 0.5) is 0 Å². The van der Waals surface area contributed by atoms with Crippen LogP contribution < -0.4 is 5.43 Å². The van der Waals surface area contributed by atoms with Gasteiger partial charge in [0.25, 0.3) is 0 Å². The van der Waals surface area contributed by atoms with Crippen molar-refractivity contribution in [1.82, 2.24) is 10.6 Å². The van der Waals surface area contributed by atoms with Gasteiger partial charge in [0.05, 0.1) is 7.11 Å². The summed E-state index contributed by atoms with van der Waals surface area (Å²) >= 11 is 0. The Morgan fingerprint density at radius 2 is 2.33 bits per heavy atom. The van der Waals surface area contributed by atoms with Gasteiger partial charge in [0.15, 0.2) is 0 Å². The Kier molecular flexibility index (Phi) is 4.00. The van der Waals surface area contributed by atoms with E-state index in [0.29, 0.717) is 6.54 Å². The molecule has 1 amide bonds. The summed E-state index contributed by atoms with van der Waals surface area (Å²) < 4.78 is 0. The van der Waals surface area contributed by atoms with Gasteiger partial charge in [-0.15, -0.1) is 5.17 Å². The van der Waals surface area contributed by atoms with Crippen LogP contribution in [0, 0.1) is 0 Å². The lowest BCUT2D eigenvalue weighted by Gasteiger charge is -2.16. The van der Waals surface area contributed by atoms with Crippen molar-refractivity contribution in [3.8, 4) is 0 Å². The highest BCUT2D eigenvalue weighted by atomic mass is 16.7. The molecule has 0 aromatic rings. The molecule has 0 aromatic carbocycles. The van der Waals surface area contributed by atoms with E-state index < -0.39 is 0 Å². The molecule has 0 bridgehead atoms. The number of amides is 1. The SMILES string of the molecule is CCN(NC(C)=O)OC. The maximum atomic E-state index is 10.3. The number of hydrogen-bond donors (Lipinski definition) is 1.